The monoisotopic (exact) mass is 468 g/mol. The third-order valence-corrected chi connectivity index (χ3v) is 6.37. The number of pyridine rings is 1. The number of halogens is 1. The van der Waals surface area contributed by atoms with Crippen molar-refractivity contribution in [3.8, 4) is 0 Å². The normalized spacial score (nSPS) is 15.6. The van der Waals surface area contributed by atoms with E-state index in [1.165, 1.54) is 24.5 Å². The second-order valence-electron chi connectivity index (χ2n) is 7.28. The second-order valence-corrected chi connectivity index (χ2v) is 8.72. The molecule has 0 fully saturated rings. The molecule has 0 radical (unpaired) electrons. The Balaban J connectivity index is 1.56. The summed E-state index contributed by atoms with van der Waals surface area (Å²) in [4.78, 5) is 37.9. The molecule has 3 aromatic heterocycles. The van der Waals surface area contributed by atoms with Crippen LogP contribution in [0, 0.1) is 0 Å². The van der Waals surface area contributed by atoms with Gasteiger partial charge in [0.1, 0.15) is 15.8 Å². The Morgan fingerprint density at radius 2 is 2.09 bits per heavy atom. The summed E-state index contributed by atoms with van der Waals surface area (Å²) in [6.45, 7) is 2.60. The first-order chi connectivity index (χ1) is 15.4. The summed E-state index contributed by atoms with van der Waals surface area (Å²) in [7, 11) is 1.27. The first-order valence-corrected chi connectivity index (χ1v) is 10.9. The van der Waals surface area contributed by atoms with Crippen LogP contribution >= 0.6 is 22.9 Å². The van der Waals surface area contributed by atoms with Crippen LogP contribution in [0.3, 0.4) is 0 Å². The lowest BCUT2D eigenvalue weighted by Gasteiger charge is -2.10. The smallest absolute Gasteiger partial charge is 0.356 e. The highest BCUT2D eigenvalue weighted by Crippen LogP contribution is 2.41. The maximum Gasteiger partial charge on any atom is 0.356 e. The molecule has 5 rings (SSSR count). The van der Waals surface area contributed by atoms with Gasteiger partial charge in [0.2, 0.25) is 5.95 Å². The van der Waals surface area contributed by atoms with E-state index in [0.29, 0.717) is 17.2 Å². The van der Waals surface area contributed by atoms with E-state index in [-0.39, 0.29) is 28.7 Å². The van der Waals surface area contributed by atoms with Crippen molar-refractivity contribution in [3.63, 3.8) is 0 Å². The molecule has 0 unspecified atom stereocenters. The Labute approximate surface area is 191 Å². The number of esters is 1. The summed E-state index contributed by atoms with van der Waals surface area (Å²) in [6, 6.07) is 8.94. The van der Waals surface area contributed by atoms with Crippen molar-refractivity contribution >= 4 is 73.3 Å². The average molecular weight is 469 g/mol. The van der Waals surface area contributed by atoms with Crippen LogP contribution in [-0.4, -0.2) is 46.5 Å². The number of carbonyl (C=O) groups excluding carboxylic acids is 2. The highest BCUT2D eigenvalue weighted by Gasteiger charge is 2.24. The molecule has 4 aromatic rings. The third kappa shape index (κ3) is 3.57. The largest absolute Gasteiger partial charge is 0.464 e. The molecular weight excluding hydrogens is 452 g/mol. The maximum atomic E-state index is 12.6. The van der Waals surface area contributed by atoms with Gasteiger partial charge in [0, 0.05) is 34.1 Å². The molecule has 3 N–H and O–H groups in total. The molecule has 1 amide bonds. The van der Waals surface area contributed by atoms with Crippen molar-refractivity contribution in [2.75, 3.05) is 24.3 Å². The summed E-state index contributed by atoms with van der Waals surface area (Å²) in [5.74, 6) is -0.0778. The summed E-state index contributed by atoms with van der Waals surface area (Å²) in [6.07, 6.45) is 0. The number of aromatic nitrogens is 3. The van der Waals surface area contributed by atoms with Crippen molar-refractivity contribution in [3.05, 3.63) is 46.1 Å². The lowest BCUT2D eigenvalue weighted by atomic mass is 10.1. The van der Waals surface area contributed by atoms with Crippen LogP contribution in [0.25, 0.3) is 21.0 Å². The number of methoxy groups -OCH3 is 1. The molecule has 4 heterocycles. The van der Waals surface area contributed by atoms with E-state index in [1.54, 1.807) is 6.07 Å². The van der Waals surface area contributed by atoms with Gasteiger partial charge in [-0.05, 0) is 31.2 Å². The SMILES string of the molecule is COC(=O)c1cc(Cl)nc(Nc2ccc3c(ccc4sc5c(c43)NC[C@@H](C)NC5=O)n2)n1. The number of rotatable bonds is 3. The van der Waals surface area contributed by atoms with Gasteiger partial charge >= 0.3 is 5.97 Å². The lowest BCUT2D eigenvalue weighted by molar-refractivity contribution is 0.0594. The second kappa shape index (κ2) is 7.88. The van der Waals surface area contributed by atoms with Crippen LogP contribution in [0.5, 0.6) is 0 Å². The fraction of sp³-hybridized carbons (Fsp3) is 0.190. The molecule has 32 heavy (non-hydrogen) atoms. The number of anilines is 3. The zero-order valence-electron chi connectivity index (χ0n) is 17.0. The standard InChI is InChI=1S/C21H17ClN6O3S/c1-9-8-23-17-16-10-3-6-15(28-21-26-12(20(30)31-2)7-14(22)27-21)25-11(10)4-5-13(16)32-18(17)19(29)24-9/h3-7,9,23H,8H2,1-2H3,(H,24,29)(H,25,26,27,28)/t9-/m1/s1. The summed E-state index contributed by atoms with van der Waals surface area (Å²) in [5.41, 5.74) is 1.61. The van der Waals surface area contributed by atoms with Crippen LogP contribution in [-0.2, 0) is 4.74 Å². The number of nitrogens with one attached hydrogen (secondary N) is 3. The van der Waals surface area contributed by atoms with Crippen molar-refractivity contribution in [1.29, 1.82) is 0 Å². The summed E-state index contributed by atoms with van der Waals surface area (Å²) in [5, 5.41) is 11.4. The van der Waals surface area contributed by atoms with E-state index in [4.69, 9.17) is 16.3 Å². The minimum Gasteiger partial charge on any atom is -0.464 e. The Kier molecular flexibility index (Phi) is 5.03. The topological polar surface area (TPSA) is 118 Å². The molecule has 0 saturated heterocycles. The van der Waals surface area contributed by atoms with Crippen molar-refractivity contribution in [2.24, 2.45) is 0 Å². The minimum atomic E-state index is -0.616. The molecule has 162 valence electrons. The van der Waals surface area contributed by atoms with Gasteiger partial charge in [-0.1, -0.05) is 11.6 Å². The van der Waals surface area contributed by atoms with E-state index in [0.717, 1.165) is 26.7 Å². The highest BCUT2D eigenvalue weighted by atomic mass is 35.5. The predicted molar refractivity (Wildman–Crippen MR) is 124 cm³/mol. The van der Waals surface area contributed by atoms with Gasteiger partial charge in [0.15, 0.2) is 5.69 Å². The molecule has 0 saturated carbocycles. The first kappa shape index (κ1) is 20.4. The molecule has 11 heteroatoms. The maximum absolute atomic E-state index is 12.6. The quantitative estimate of drug-likeness (QED) is 0.305. The van der Waals surface area contributed by atoms with Gasteiger partial charge in [-0.15, -0.1) is 11.3 Å². The molecule has 0 spiro atoms. The first-order valence-electron chi connectivity index (χ1n) is 9.74. The van der Waals surface area contributed by atoms with Crippen LogP contribution in [0.1, 0.15) is 27.1 Å². The van der Waals surface area contributed by atoms with Crippen LogP contribution in [0.15, 0.2) is 30.3 Å². The number of amides is 1. The lowest BCUT2D eigenvalue weighted by Crippen LogP contribution is -2.34. The molecule has 1 aliphatic heterocycles. The minimum absolute atomic E-state index is 0.0358. The molecule has 1 aliphatic rings. The number of hydrogen-bond acceptors (Lipinski definition) is 9. The van der Waals surface area contributed by atoms with Gasteiger partial charge in [-0.3, -0.25) is 4.79 Å². The van der Waals surface area contributed by atoms with Crippen LogP contribution < -0.4 is 16.0 Å². The Morgan fingerprint density at radius 1 is 1.25 bits per heavy atom. The zero-order valence-corrected chi connectivity index (χ0v) is 18.6. The Bertz CT molecular complexity index is 1410. The zero-order chi connectivity index (χ0) is 22.4. The van der Waals surface area contributed by atoms with Crippen molar-refractivity contribution in [2.45, 2.75) is 13.0 Å². The number of fused-ring (bicyclic) bond motifs is 5. The van der Waals surface area contributed by atoms with E-state index in [1.807, 2.05) is 25.1 Å². The van der Waals surface area contributed by atoms with Crippen molar-refractivity contribution < 1.29 is 14.3 Å². The number of benzene rings is 1. The average Bonchev–Trinajstić information content (AvgIpc) is 3.09. The van der Waals surface area contributed by atoms with Gasteiger partial charge in [-0.25, -0.2) is 19.7 Å². The van der Waals surface area contributed by atoms with Gasteiger partial charge in [0.25, 0.3) is 5.91 Å². The predicted octanol–water partition coefficient (Wildman–Crippen LogP) is 3.97. The molecule has 1 atom stereocenters. The fourth-order valence-corrected chi connectivity index (χ4v) is 4.87. The third-order valence-electron chi connectivity index (χ3n) is 5.02. The number of hydrogen-bond donors (Lipinski definition) is 3. The van der Waals surface area contributed by atoms with Crippen LogP contribution in [0.2, 0.25) is 5.15 Å². The fourth-order valence-electron chi connectivity index (χ4n) is 3.59. The summed E-state index contributed by atoms with van der Waals surface area (Å²) < 4.78 is 5.69. The Hall–Kier alpha value is -3.50. The molecule has 0 bridgehead atoms. The molecular formula is C21H17ClN6O3S. The Morgan fingerprint density at radius 3 is 2.91 bits per heavy atom. The van der Waals surface area contributed by atoms with Gasteiger partial charge in [0.05, 0.1) is 18.3 Å². The van der Waals surface area contributed by atoms with E-state index < -0.39 is 5.97 Å². The van der Waals surface area contributed by atoms with Gasteiger partial charge < -0.3 is 20.7 Å². The molecule has 9 nitrogen and oxygen atoms in total. The molecule has 1 aromatic carbocycles. The summed E-state index contributed by atoms with van der Waals surface area (Å²) >= 11 is 7.47. The number of ether oxygens (including phenoxy) is 1. The van der Waals surface area contributed by atoms with E-state index in [2.05, 4.69) is 30.9 Å². The van der Waals surface area contributed by atoms with Crippen molar-refractivity contribution in [1.82, 2.24) is 20.3 Å². The number of nitrogens with zero attached hydrogens (tertiary/aromatic N) is 3. The van der Waals surface area contributed by atoms with E-state index in [9.17, 15) is 9.59 Å². The number of carbonyl (C=O) groups is 2. The number of thiophene rings is 1. The van der Waals surface area contributed by atoms with E-state index >= 15 is 0 Å². The van der Waals surface area contributed by atoms with Crippen LogP contribution in [0.4, 0.5) is 17.5 Å². The van der Waals surface area contributed by atoms with Gasteiger partial charge in [-0.2, -0.15) is 0 Å². The molecule has 0 aliphatic carbocycles. The highest BCUT2D eigenvalue weighted by molar-refractivity contribution is 7.21.